The molecule has 1 fully saturated rings. The number of anilines is 1. The fourth-order valence-corrected chi connectivity index (χ4v) is 3.99. The lowest BCUT2D eigenvalue weighted by Gasteiger charge is -2.30. The minimum atomic E-state index is -0.486. The van der Waals surface area contributed by atoms with Crippen LogP contribution in [0.2, 0.25) is 0 Å². The number of carbonyl (C=O) groups is 2. The highest BCUT2D eigenvalue weighted by atomic mass is 16.4. The van der Waals surface area contributed by atoms with Crippen molar-refractivity contribution in [3.05, 3.63) is 64.6 Å². The predicted octanol–water partition coefficient (Wildman–Crippen LogP) is 3.34. The van der Waals surface area contributed by atoms with E-state index in [1.54, 1.807) is 18.2 Å². The molecular weight excluding hydrogens is 394 g/mol. The van der Waals surface area contributed by atoms with Gasteiger partial charge in [0.2, 0.25) is 11.8 Å². The second-order valence-corrected chi connectivity index (χ2v) is 7.99. The monoisotopic (exact) mass is 421 g/mol. The van der Waals surface area contributed by atoms with Crippen LogP contribution < -0.4 is 10.7 Å². The fourth-order valence-electron chi connectivity index (χ4n) is 3.99. The Morgan fingerprint density at radius 2 is 1.71 bits per heavy atom. The van der Waals surface area contributed by atoms with Crippen LogP contribution in [0.15, 0.2) is 57.7 Å². The molecule has 1 saturated heterocycles. The Hall–Kier alpha value is -3.35. The Morgan fingerprint density at radius 3 is 2.45 bits per heavy atom. The average molecular weight is 421 g/mol. The summed E-state index contributed by atoms with van der Waals surface area (Å²) in [5, 5.41) is 0. The SMILES string of the molecule is Cc1ccc(N(CC(=O)N2CCCCC2)C(=O)CCn2c(=O)oc3ccccc32)cc1. The van der Waals surface area contributed by atoms with Crippen molar-refractivity contribution in [1.29, 1.82) is 0 Å². The van der Waals surface area contributed by atoms with Crippen LogP contribution >= 0.6 is 0 Å². The number of piperidine rings is 1. The van der Waals surface area contributed by atoms with Gasteiger partial charge in [0, 0.05) is 31.7 Å². The summed E-state index contributed by atoms with van der Waals surface area (Å²) in [4.78, 5) is 41.7. The summed E-state index contributed by atoms with van der Waals surface area (Å²) in [6.45, 7) is 3.65. The van der Waals surface area contributed by atoms with Gasteiger partial charge in [-0.3, -0.25) is 14.2 Å². The summed E-state index contributed by atoms with van der Waals surface area (Å²) in [6, 6.07) is 14.7. The van der Waals surface area contributed by atoms with E-state index >= 15 is 0 Å². The van der Waals surface area contributed by atoms with Crippen LogP contribution in [0.25, 0.3) is 11.1 Å². The normalized spacial score (nSPS) is 14.0. The third-order valence-electron chi connectivity index (χ3n) is 5.77. The van der Waals surface area contributed by atoms with Crippen LogP contribution in [0.1, 0.15) is 31.2 Å². The number of oxazole rings is 1. The Labute approximate surface area is 180 Å². The number of rotatable bonds is 6. The topological polar surface area (TPSA) is 75.8 Å². The molecule has 3 aromatic rings. The molecule has 1 aliphatic heterocycles. The highest BCUT2D eigenvalue weighted by Crippen LogP contribution is 2.19. The lowest BCUT2D eigenvalue weighted by atomic mass is 10.1. The quantitative estimate of drug-likeness (QED) is 0.612. The number of likely N-dealkylation sites (tertiary alicyclic amines) is 1. The standard InChI is InChI=1S/C24H27N3O4/c1-18-9-11-19(12-10-18)27(17-23(29)25-14-5-2-6-15-25)22(28)13-16-26-20-7-3-4-8-21(20)31-24(26)30/h3-4,7-12H,2,5-6,13-17H2,1H3. The van der Waals surface area contributed by atoms with Gasteiger partial charge in [-0.25, -0.2) is 4.79 Å². The Bertz CT molecular complexity index is 1120. The summed E-state index contributed by atoms with van der Waals surface area (Å²) in [5.74, 6) is -0.730. The lowest BCUT2D eigenvalue weighted by Crippen LogP contribution is -2.45. The first-order chi connectivity index (χ1) is 15.0. The summed E-state index contributed by atoms with van der Waals surface area (Å²) in [5.41, 5.74) is 2.92. The van der Waals surface area contributed by atoms with Crippen molar-refractivity contribution >= 4 is 28.6 Å². The molecule has 0 atom stereocenters. The molecule has 0 radical (unpaired) electrons. The Balaban J connectivity index is 1.53. The number of hydrogen-bond acceptors (Lipinski definition) is 4. The molecule has 0 bridgehead atoms. The molecule has 2 aromatic carbocycles. The summed E-state index contributed by atoms with van der Waals surface area (Å²) >= 11 is 0. The number of nitrogens with zero attached hydrogens (tertiary/aromatic N) is 3. The van der Waals surface area contributed by atoms with Gasteiger partial charge in [-0.15, -0.1) is 0 Å². The highest BCUT2D eigenvalue weighted by Gasteiger charge is 2.24. The van der Waals surface area contributed by atoms with Crippen LogP contribution in [-0.4, -0.2) is 40.9 Å². The number of aromatic nitrogens is 1. The molecule has 0 aliphatic carbocycles. The molecule has 162 valence electrons. The molecule has 2 amide bonds. The second kappa shape index (κ2) is 9.20. The summed E-state index contributed by atoms with van der Waals surface area (Å²) < 4.78 is 6.72. The van der Waals surface area contributed by atoms with E-state index in [0.717, 1.165) is 37.9 Å². The predicted molar refractivity (Wildman–Crippen MR) is 119 cm³/mol. The van der Waals surface area contributed by atoms with Gasteiger partial charge in [0.25, 0.3) is 0 Å². The minimum Gasteiger partial charge on any atom is -0.408 e. The van der Waals surface area contributed by atoms with E-state index in [1.165, 1.54) is 9.47 Å². The molecule has 1 aromatic heterocycles. The largest absolute Gasteiger partial charge is 0.419 e. The number of fused-ring (bicyclic) bond motifs is 1. The average Bonchev–Trinajstić information content (AvgIpc) is 3.12. The van der Waals surface area contributed by atoms with Crippen molar-refractivity contribution in [2.45, 2.75) is 39.2 Å². The van der Waals surface area contributed by atoms with Crippen molar-refractivity contribution in [3.63, 3.8) is 0 Å². The first-order valence-corrected chi connectivity index (χ1v) is 10.8. The maximum Gasteiger partial charge on any atom is 0.419 e. The maximum atomic E-state index is 13.2. The minimum absolute atomic E-state index is 0.00290. The first kappa shape index (κ1) is 20.9. The van der Waals surface area contributed by atoms with Crippen LogP contribution in [0.4, 0.5) is 5.69 Å². The van der Waals surface area contributed by atoms with E-state index in [-0.39, 0.29) is 31.3 Å². The molecule has 0 saturated carbocycles. The number of hydrogen-bond donors (Lipinski definition) is 0. The van der Waals surface area contributed by atoms with Crippen molar-refractivity contribution in [1.82, 2.24) is 9.47 Å². The fraction of sp³-hybridized carbons (Fsp3) is 0.375. The van der Waals surface area contributed by atoms with E-state index < -0.39 is 5.76 Å². The number of benzene rings is 2. The van der Waals surface area contributed by atoms with Crippen LogP contribution in [0.3, 0.4) is 0 Å². The van der Waals surface area contributed by atoms with Crippen molar-refractivity contribution in [2.75, 3.05) is 24.5 Å². The molecule has 0 N–H and O–H groups in total. The third kappa shape index (κ3) is 4.71. The molecule has 7 heteroatoms. The van der Waals surface area contributed by atoms with Gasteiger partial charge in [-0.1, -0.05) is 29.8 Å². The van der Waals surface area contributed by atoms with E-state index in [9.17, 15) is 14.4 Å². The van der Waals surface area contributed by atoms with Crippen LogP contribution in [0, 0.1) is 6.92 Å². The Morgan fingerprint density at radius 1 is 1.00 bits per heavy atom. The van der Waals surface area contributed by atoms with Crippen molar-refractivity contribution in [3.8, 4) is 0 Å². The maximum absolute atomic E-state index is 13.2. The van der Waals surface area contributed by atoms with E-state index in [4.69, 9.17) is 4.42 Å². The highest BCUT2D eigenvalue weighted by molar-refractivity contribution is 5.98. The number of para-hydroxylation sites is 2. The summed E-state index contributed by atoms with van der Waals surface area (Å²) in [6.07, 6.45) is 3.23. The van der Waals surface area contributed by atoms with E-state index in [0.29, 0.717) is 16.8 Å². The van der Waals surface area contributed by atoms with Gasteiger partial charge in [-0.2, -0.15) is 0 Å². The van der Waals surface area contributed by atoms with E-state index in [2.05, 4.69) is 0 Å². The van der Waals surface area contributed by atoms with Crippen LogP contribution in [0.5, 0.6) is 0 Å². The van der Waals surface area contributed by atoms with Gasteiger partial charge >= 0.3 is 5.76 Å². The Kier molecular flexibility index (Phi) is 6.21. The van der Waals surface area contributed by atoms with E-state index in [1.807, 2.05) is 42.2 Å². The van der Waals surface area contributed by atoms with Gasteiger partial charge < -0.3 is 14.2 Å². The molecule has 2 heterocycles. The van der Waals surface area contributed by atoms with Gasteiger partial charge in [0.1, 0.15) is 6.54 Å². The van der Waals surface area contributed by atoms with Crippen molar-refractivity contribution in [2.24, 2.45) is 0 Å². The second-order valence-electron chi connectivity index (χ2n) is 7.99. The molecule has 4 rings (SSSR count). The van der Waals surface area contributed by atoms with Crippen molar-refractivity contribution < 1.29 is 14.0 Å². The molecular formula is C24H27N3O4. The zero-order valence-electron chi connectivity index (χ0n) is 17.8. The third-order valence-corrected chi connectivity index (χ3v) is 5.77. The zero-order valence-corrected chi connectivity index (χ0v) is 17.8. The number of aryl methyl sites for hydroxylation is 2. The summed E-state index contributed by atoms with van der Waals surface area (Å²) in [7, 11) is 0. The molecule has 0 unspecified atom stereocenters. The molecule has 1 aliphatic rings. The van der Waals surface area contributed by atoms with Gasteiger partial charge in [0.15, 0.2) is 5.58 Å². The number of amides is 2. The zero-order chi connectivity index (χ0) is 21.8. The van der Waals surface area contributed by atoms with Crippen LogP contribution in [-0.2, 0) is 16.1 Å². The van der Waals surface area contributed by atoms with Gasteiger partial charge in [-0.05, 0) is 50.5 Å². The molecule has 7 nitrogen and oxygen atoms in total. The molecule has 0 spiro atoms. The molecule has 31 heavy (non-hydrogen) atoms. The van der Waals surface area contributed by atoms with Gasteiger partial charge in [0.05, 0.1) is 5.52 Å². The first-order valence-electron chi connectivity index (χ1n) is 10.8. The smallest absolute Gasteiger partial charge is 0.408 e. The lowest BCUT2D eigenvalue weighted by molar-refractivity contribution is -0.132. The number of carbonyl (C=O) groups excluding carboxylic acids is 2.